The van der Waals surface area contributed by atoms with Crippen molar-refractivity contribution in [1.29, 1.82) is 0 Å². The summed E-state index contributed by atoms with van der Waals surface area (Å²) in [6.07, 6.45) is 0.250. The number of halogens is 2. The van der Waals surface area contributed by atoms with Crippen LogP contribution in [0.5, 0.6) is 0 Å². The van der Waals surface area contributed by atoms with Gasteiger partial charge in [0, 0.05) is 5.56 Å². The molecule has 0 bridgehead atoms. The van der Waals surface area contributed by atoms with Gasteiger partial charge in [-0.1, -0.05) is 59.6 Å². The Hall–Kier alpha value is -1.51. The Morgan fingerprint density at radius 2 is 1.90 bits per heavy atom. The highest BCUT2D eigenvalue weighted by Gasteiger charge is 2.09. The minimum Gasteiger partial charge on any atom is -0.466 e. The van der Waals surface area contributed by atoms with Crippen LogP contribution in [0, 0.1) is 0 Å². The molecule has 104 valence electrons. The number of esters is 1. The van der Waals surface area contributed by atoms with Crippen molar-refractivity contribution in [3.05, 3.63) is 58.1 Å². The van der Waals surface area contributed by atoms with Crippen LogP contribution in [0.4, 0.5) is 0 Å². The zero-order chi connectivity index (χ0) is 14.5. The topological polar surface area (TPSA) is 26.3 Å². The van der Waals surface area contributed by atoms with Crippen LogP contribution in [0.2, 0.25) is 10.0 Å². The van der Waals surface area contributed by atoms with Crippen LogP contribution >= 0.6 is 23.2 Å². The molecule has 2 aromatic carbocycles. The summed E-state index contributed by atoms with van der Waals surface area (Å²) < 4.78 is 4.95. The fraction of sp³-hybridized carbons (Fsp3) is 0.188. The van der Waals surface area contributed by atoms with Gasteiger partial charge in [-0.25, -0.2) is 0 Å². The van der Waals surface area contributed by atoms with E-state index in [9.17, 15) is 4.79 Å². The first-order valence-electron chi connectivity index (χ1n) is 6.30. The average molecular weight is 309 g/mol. The molecule has 2 aromatic rings. The molecule has 0 aliphatic carbocycles. The van der Waals surface area contributed by atoms with Gasteiger partial charge >= 0.3 is 5.97 Å². The standard InChI is InChI=1S/C16H14Cl2O2/c1-2-20-15(19)10-11-5-3-6-12(9-11)13-7-4-8-14(17)16(13)18/h3-9H,2,10H2,1H3. The van der Waals surface area contributed by atoms with Gasteiger partial charge in [-0.15, -0.1) is 0 Å². The van der Waals surface area contributed by atoms with Gasteiger partial charge in [-0.05, 0) is 24.1 Å². The molecule has 0 saturated heterocycles. The van der Waals surface area contributed by atoms with Crippen LogP contribution in [0.3, 0.4) is 0 Å². The smallest absolute Gasteiger partial charge is 0.310 e. The number of carbonyl (C=O) groups excluding carboxylic acids is 1. The third-order valence-electron chi connectivity index (χ3n) is 2.84. The van der Waals surface area contributed by atoms with Crippen LogP contribution in [0.25, 0.3) is 11.1 Å². The maximum Gasteiger partial charge on any atom is 0.310 e. The third kappa shape index (κ3) is 3.53. The molecule has 0 spiro atoms. The molecule has 0 amide bonds. The highest BCUT2D eigenvalue weighted by atomic mass is 35.5. The maximum absolute atomic E-state index is 11.5. The van der Waals surface area contributed by atoms with E-state index in [1.807, 2.05) is 36.4 Å². The van der Waals surface area contributed by atoms with Crippen molar-refractivity contribution in [2.45, 2.75) is 13.3 Å². The second-order valence-corrected chi connectivity index (χ2v) is 5.07. The molecule has 20 heavy (non-hydrogen) atoms. The van der Waals surface area contributed by atoms with E-state index >= 15 is 0 Å². The molecule has 0 aliphatic heterocycles. The quantitative estimate of drug-likeness (QED) is 0.761. The van der Waals surface area contributed by atoms with Crippen molar-refractivity contribution in [1.82, 2.24) is 0 Å². The van der Waals surface area contributed by atoms with Crippen molar-refractivity contribution < 1.29 is 9.53 Å². The molecule has 0 fully saturated rings. The molecule has 2 rings (SSSR count). The second kappa shape index (κ2) is 6.78. The summed E-state index contributed by atoms with van der Waals surface area (Å²) in [5.74, 6) is -0.234. The Balaban J connectivity index is 2.30. The maximum atomic E-state index is 11.5. The van der Waals surface area contributed by atoms with Gasteiger partial charge < -0.3 is 4.74 Å². The lowest BCUT2D eigenvalue weighted by Crippen LogP contribution is -2.07. The molecule has 0 N–H and O–H groups in total. The Morgan fingerprint density at radius 3 is 2.65 bits per heavy atom. The predicted octanol–water partition coefficient (Wildman–Crippen LogP) is 4.77. The van der Waals surface area contributed by atoms with Gasteiger partial charge in [-0.3, -0.25) is 4.79 Å². The number of rotatable bonds is 4. The number of hydrogen-bond donors (Lipinski definition) is 0. The van der Waals surface area contributed by atoms with Gasteiger partial charge in [0.2, 0.25) is 0 Å². The van der Waals surface area contributed by atoms with E-state index in [0.29, 0.717) is 16.7 Å². The Labute approximate surface area is 128 Å². The van der Waals surface area contributed by atoms with E-state index in [2.05, 4.69) is 0 Å². The molecule has 0 radical (unpaired) electrons. The van der Waals surface area contributed by atoms with E-state index in [1.54, 1.807) is 13.0 Å². The SMILES string of the molecule is CCOC(=O)Cc1cccc(-c2cccc(Cl)c2Cl)c1. The molecular weight excluding hydrogens is 295 g/mol. The number of carbonyl (C=O) groups is 1. The van der Waals surface area contributed by atoms with E-state index in [-0.39, 0.29) is 12.4 Å². The van der Waals surface area contributed by atoms with Crippen molar-refractivity contribution in [3.63, 3.8) is 0 Å². The van der Waals surface area contributed by atoms with Crippen molar-refractivity contribution >= 4 is 29.2 Å². The fourth-order valence-corrected chi connectivity index (χ4v) is 2.36. The van der Waals surface area contributed by atoms with E-state index in [0.717, 1.165) is 16.7 Å². The number of hydrogen-bond acceptors (Lipinski definition) is 2. The van der Waals surface area contributed by atoms with Crippen LogP contribution in [0.15, 0.2) is 42.5 Å². The molecule has 4 heteroatoms. The van der Waals surface area contributed by atoms with Crippen LogP contribution in [-0.4, -0.2) is 12.6 Å². The lowest BCUT2D eigenvalue weighted by atomic mass is 10.0. The first kappa shape index (κ1) is 14.9. The molecule has 0 saturated carbocycles. The van der Waals surface area contributed by atoms with E-state index < -0.39 is 0 Å². The summed E-state index contributed by atoms with van der Waals surface area (Å²) in [6, 6.07) is 13.1. The van der Waals surface area contributed by atoms with Gasteiger partial charge in [0.1, 0.15) is 0 Å². The van der Waals surface area contributed by atoms with Crippen molar-refractivity contribution in [2.24, 2.45) is 0 Å². The summed E-state index contributed by atoms with van der Waals surface area (Å²) in [5, 5.41) is 1.03. The highest BCUT2D eigenvalue weighted by Crippen LogP contribution is 2.33. The lowest BCUT2D eigenvalue weighted by Gasteiger charge is -2.08. The largest absolute Gasteiger partial charge is 0.466 e. The first-order chi connectivity index (χ1) is 9.61. The van der Waals surface area contributed by atoms with Gasteiger partial charge in [0.25, 0.3) is 0 Å². The highest BCUT2D eigenvalue weighted by molar-refractivity contribution is 6.43. The van der Waals surface area contributed by atoms with E-state index in [4.69, 9.17) is 27.9 Å². The molecule has 2 nitrogen and oxygen atoms in total. The van der Waals surface area contributed by atoms with Gasteiger partial charge in [0.05, 0.1) is 23.1 Å². The monoisotopic (exact) mass is 308 g/mol. The molecule has 0 atom stereocenters. The summed E-state index contributed by atoms with van der Waals surface area (Å²) >= 11 is 12.2. The van der Waals surface area contributed by atoms with Crippen LogP contribution in [0.1, 0.15) is 12.5 Å². The molecule has 0 aromatic heterocycles. The molecule has 0 heterocycles. The first-order valence-corrected chi connectivity index (χ1v) is 7.06. The molecular formula is C16H14Cl2O2. The average Bonchev–Trinajstić information content (AvgIpc) is 2.42. The van der Waals surface area contributed by atoms with E-state index in [1.165, 1.54) is 0 Å². The molecule has 0 aliphatic rings. The minimum atomic E-state index is -0.234. The number of benzene rings is 2. The van der Waals surface area contributed by atoms with Crippen molar-refractivity contribution in [3.8, 4) is 11.1 Å². The second-order valence-electron chi connectivity index (χ2n) is 4.28. The lowest BCUT2D eigenvalue weighted by molar-refractivity contribution is -0.142. The normalized spacial score (nSPS) is 10.3. The van der Waals surface area contributed by atoms with Gasteiger partial charge in [0.15, 0.2) is 0 Å². The Kier molecular flexibility index (Phi) is 5.05. The van der Waals surface area contributed by atoms with Crippen molar-refractivity contribution in [2.75, 3.05) is 6.61 Å². The van der Waals surface area contributed by atoms with Crippen LogP contribution < -0.4 is 0 Å². The Morgan fingerprint density at radius 1 is 1.15 bits per heavy atom. The fourth-order valence-electron chi connectivity index (χ4n) is 1.95. The summed E-state index contributed by atoms with van der Waals surface area (Å²) in [5.41, 5.74) is 2.67. The van der Waals surface area contributed by atoms with Crippen LogP contribution in [-0.2, 0) is 16.0 Å². The zero-order valence-electron chi connectivity index (χ0n) is 11.0. The Bertz CT molecular complexity index is 624. The summed E-state index contributed by atoms with van der Waals surface area (Å²) in [6.45, 7) is 2.18. The zero-order valence-corrected chi connectivity index (χ0v) is 12.5. The third-order valence-corrected chi connectivity index (χ3v) is 3.66. The molecule has 0 unspecified atom stereocenters. The number of ether oxygens (including phenoxy) is 1. The minimum absolute atomic E-state index is 0.234. The predicted molar refractivity (Wildman–Crippen MR) is 82.2 cm³/mol. The summed E-state index contributed by atoms with van der Waals surface area (Å²) in [4.78, 5) is 11.5. The van der Waals surface area contributed by atoms with Gasteiger partial charge in [-0.2, -0.15) is 0 Å². The summed E-state index contributed by atoms with van der Waals surface area (Å²) in [7, 11) is 0.